The van der Waals surface area contributed by atoms with Crippen molar-refractivity contribution < 1.29 is 19.1 Å². The SMILES string of the molecule is CC(=O)N1C[C@H]2CN(CC(=O)O)C[C@H]2[C@H]1c1cccc(F)c1. The van der Waals surface area contributed by atoms with E-state index in [1.807, 2.05) is 11.0 Å². The summed E-state index contributed by atoms with van der Waals surface area (Å²) in [6, 6.07) is 6.19. The minimum atomic E-state index is -0.842. The van der Waals surface area contributed by atoms with Crippen LogP contribution in [0.1, 0.15) is 18.5 Å². The fourth-order valence-corrected chi connectivity index (χ4v) is 3.90. The summed E-state index contributed by atoms with van der Waals surface area (Å²) in [6.45, 7) is 3.46. The van der Waals surface area contributed by atoms with Crippen LogP contribution in [-0.2, 0) is 9.59 Å². The molecule has 0 unspecified atom stereocenters. The quantitative estimate of drug-likeness (QED) is 0.916. The molecule has 5 nitrogen and oxygen atoms in total. The van der Waals surface area contributed by atoms with Crippen LogP contribution in [0.5, 0.6) is 0 Å². The molecule has 118 valence electrons. The molecule has 0 aromatic heterocycles. The van der Waals surface area contributed by atoms with Crippen LogP contribution < -0.4 is 0 Å². The molecule has 3 rings (SSSR count). The Hall–Kier alpha value is -1.95. The lowest BCUT2D eigenvalue weighted by atomic mass is 9.89. The molecule has 0 saturated carbocycles. The van der Waals surface area contributed by atoms with Crippen LogP contribution in [0.3, 0.4) is 0 Å². The minimum Gasteiger partial charge on any atom is -0.480 e. The molecule has 2 aliphatic rings. The molecule has 0 aliphatic carbocycles. The Morgan fingerprint density at radius 3 is 2.73 bits per heavy atom. The lowest BCUT2D eigenvalue weighted by Crippen LogP contribution is -2.35. The molecular formula is C16H19FN2O3. The molecule has 3 atom stereocenters. The van der Waals surface area contributed by atoms with E-state index in [0.717, 1.165) is 5.56 Å². The third kappa shape index (κ3) is 2.70. The van der Waals surface area contributed by atoms with E-state index in [9.17, 15) is 14.0 Å². The van der Waals surface area contributed by atoms with Crippen LogP contribution in [0.15, 0.2) is 24.3 Å². The predicted octanol–water partition coefficient (Wildman–Crippen LogP) is 1.36. The number of amides is 1. The predicted molar refractivity (Wildman–Crippen MR) is 77.6 cm³/mol. The summed E-state index contributed by atoms with van der Waals surface area (Å²) in [4.78, 5) is 26.5. The first-order valence-electron chi connectivity index (χ1n) is 7.42. The number of carbonyl (C=O) groups excluding carboxylic acids is 1. The maximum absolute atomic E-state index is 13.5. The van der Waals surface area contributed by atoms with Gasteiger partial charge in [0.25, 0.3) is 0 Å². The lowest BCUT2D eigenvalue weighted by molar-refractivity contribution is -0.138. The fraction of sp³-hybridized carbons (Fsp3) is 0.500. The fourth-order valence-electron chi connectivity index (χ4n) is 3.90. The summed E-state index contributed by atoms with van der Waals surface area (Å²) >= 11 is 0. The number of carbonyl (C=O) groups is 2. The second-order valence-corrected chi connectivity index (χ2v) is 6.18. The second kappa shape index (κ2) is 5.68. The second-order valence-electron chi connectivity index (χ2n) is 6.18. The molecule has 2 aliphatic heterocycles. The molecule has 1 aromatic rings. The molecule has 22 heavy (non-hydrogen) atoms. The number of carboxylic acid groups (broad SMARTS) is 1. The summed E-state index contributed by atoms with van der Waals surface area (Å²) in [5.41, 5.74) is 0.792. The highest BCUT2D eigenvalue weighted by molar-refractivity contribution is 5.74. The Bertz CT molecular complexity index is 607. The Balaban J connectivity index is 1.87. The average Bonchev–Trinajstić information content (AvgIpc) is 2.94. The zero-order chi connectivity index (χ0) is 15.9. The van der Waals surface area contributed by atoms with Crippen LogP contribution >= 0.6 is 0 Å². The number of benzene rings is 1. The third-order valence-corrected chi connectivity index (χ3v) is 4.69. The van der Waals surface area contributed by atoms with Gasteiger partial charge in [0.1, 0.15) is 5.82 Å². The zero-order valence-corrected chi connectivity index (χ0v) is 12.4. The molecule has 1 amide bonds. The number of fused-ring (bicyclic) bond motifs is 1. The van der Waals surface area contributed by atoms with Crippen molar-refractivity contribution in [3.63, 3.8) is 0 Å². The van der Waals surface area contributed by atoms with E-state index in [2.05, 4.69) is 0 Å². The van der Waals surface area contributed by atoms with E-state index in [1.165, 1.54) is 19.1 Å². The van der Waals surface area contributed by atoms with Gasteiger partial charge in [0.05, 0.1) is 12.6 Å². The van der Waals surface area contributed by atoms with Gasteiger partial charge in [-0.1, -0.05) is 12.1 Å². The normalized spacial score (nSPS) is 27.9. The van der Waals surface area contributed by atoms with Gasteiger partial charge in [-0.3, -0.25) is 14.5 Å². The van der Waals surface area contributed by atoms with Gasteiger partial charge in [0.2, 0.25) is 5.91 Å². The van der Waals surface area contributed by atoms with Gasteiger partial charge in [-0.15, -0.1) is 0 Å². The first-order chi connectivity index (χ1) is 10.5. The number of hydrogen-bond acceptors (Lipinski definition) is 3. The zero-order valence-electron chi connectivity index (χ0n) is 12.4. The molecule has 0 spiro atoms. The van der Waals surface area contributed by atoms with Gasteiger partial charge < -0.3 is 10.0 Å². The highest BCUT2D eigenvalue weighted by atomic mass is 19.1. The summed E-state index contributed by atoms with van der Waals surface area (Å²) in [7, 11) is 0. The summed E-state index contributed by atoms with van der Waals surface area (Å²) in [5.74, 6) is -0.773. The van der Waals surface area contributed by atoms with Crippen LogP contribution in [-0.4, -0.2) is 53.0 Å². The van der Waals surface area contributed by atoms with Crippen molar-refractivity contribution in [2.75, 3.05) is 26.2 Å². The van der Waals surface area contributed by atoms with Crippen molar-refractivity contribution in [2.45, 2.75) is 13.0 Å². The Labute approximate surface area is 128 Å². The van der Waals surface area contributed by atoms with E-state index in [4.69, 9.17) is 5.11 Å². The van der Waals surface area contributed by atoms with Crippen molar-refractivity contribution in [1.29, 1.82) is 0 Å². The summed E-state index contributed by atoms with van der Waals surface area (Å²) in [6.07, 6.45) is 0. The minimum absolute atomic E-state index is 0.0168. The van der Waals surface area contributed by atoms with Crippen molar-refractivity contribution >= 4 is 11.9 Å². The van der Waals surface area contributed by atoms with Gasteiger partial charge in [-0.25, -0.2) is 4.39 Å². The number of aliphatic carboxylic acids is 1. The number of rotatable bonds is 3. The molecule has 6 heteroatoms. The Morgan fingerprint density at radius 1 is 1.32 bits per heavy atom. The van der Waals surface area contributed by atoms with E-state index in [0.29, 0.717) is 19.6 Å². The molecule has 0 bridgehead atoms. The smallest absolute Gasteiger partial charge is 0.317 e. The van der Waals surface area contributed by atoms with Gasteiger partial charge >= 0.3 is 5.97 Å². The first-order valence-corrected chi connectivity index (χ1v) is 7.42. The average molecular weight is 306 g/mol. The standard InChI is InChI=1S/C16H19FN2O3/c1-10(20)19-7-12-6-18(9-15(21)22)8-14(12)16(19)11-3-2-4-13(17)5-11/h2-5,12,14,16H,6-9H2,1H3,(H,21,22)/t12-,14-,16-/m1/s1. The van der Waals surface area contributed by atoms with E-state index < -0.39 is 5.97 Å². The van der Waals surface area contributed by atoms with E-state index in [1.54, 1.807) is 11.0 Å². The Morgan fingerprint density at radius 2 is 2.09 bits per heavy atom. The van der Waals surface area contributed by atoms with Crippen LogP contribution in [0.25, 0.3) is 0 Å². The third-order valence-electron chi connectivity index (χ3n) is 4.69. The molecular weight excluding hydrogens is 287 g/mol. The molecule has 2 heterocycles. The first kappa shape index (κ1) is 15.0. The monoisotopic (exact) mass is 306 g/mol. The van der Waals surface area contributed by atoms with E-state index in [-0.39, 0.29) is 36.1 Å². The number of halogens is 1. The molecule has 2 saturated heterocycles. The maximum atomic E-state index is 13.5. The van der Waals surface area contributed by atoms with Gasteiger partial charge in [0, 0.05) is 32.5 Å². The van der Waals surface area contributed by atoms with Crippen molar-refractivity contribution in [3.05, 3.63) is 35.6 Å². The van der Waals surface area contributed by atoms with Crippen molar-refractivity contribution in [2.24, 2.45) is 11.8 Å². The number of nitrogens with zero attached hydrogens (tertiary/aromatic N) is 2. The number of carboxylic acids is 1. The van der Waals surface area contributed by atoms with E-state index >= 15 is 0 Å². The topological polar surface area (TPSA) is 60.9 Å². The number of likely N-dealkylation sites (tertiary alicyclic amines) is 2. The molecule has 1 aromatic carbocycles. The largest absolute Gasteiger partial charge is 0.480 e. The van der Waals surface area contributed by atoms with Crippen LogP contribution in [0.4, 0.5) is 4.39 Å². The summed E-state index contributed by atoms with van der Waals surface area (Å²) < 4.78 is 13.5. The van der Waals surface area contributed by atoms with Gasteiger partial charge in [0.15, 0.2) is 0 Å². The highest BCUT2D eigenvalue weighted by Gasteiger charge is 2.48. The molecule has 1 N–H and O–H groups in total. The lowest BCUT2D eigenvalue weighted by Gasteiger charge is -2.28. The Kier molecular flexibility index (Phi) is 3.87. The highest BCUT2D eigenvalue weighted by Crippen LogP contribution is 2.44. The maximum Gasteiger partial charge on any atom is 0.317 e. The molecule has 0 radical (unpaired) electrons. The van der Waals surface area contributed by atoms with Gasteiger partial charge in [-0.2, -0.15) is 0 Å². The van der Waals surface area contributed by atoms with Crippen LogP contribution in [0.2, 0.25) is 0 Å². The number of hydrogen-bond donors (Lipinski definition) is 1. The summed E-state index contributed by atoms with van der Waals surface area (Å²) in [5, 5.41) is 8.94. The van der Waals surface area contributed by atoms with Crippen molar-refractivity contribution in [3.8, 4) is 0 Å². The van der Waals surface area contributed by atoms with Crippen LogP contribution in [0, 0.1) is 17.7 Å². The van der Waals surface area contributed by atoms with Crippen molar-refractivity contribution in [1.82, 2.24) is 9.80 Å². The molecule has 2 fully saturated rings. The van der Waals surface area contributed by atoms with Gasteiger partial charge in [-0.05, 0) is 23.6 Å².